The lowest BCUT2D eigenvalue weighted by Crippen LogP contribution is -2.55. The van der Waals surface area contributed by atoms with E-state index in [1.807, 2.05) is 24.3 Å². The van der Waals surface area contributed by atoms with Crippen LogP contribution in [0, 0.1) is 0 Å². The molecule has 3 heterocycles. The molecule has 0 aliphatic carbocycles. The average molecular weight is 640 g/mol. The summed E-state index contributed by atoms with van der Waals surface area (Å²) >= 11 is 0. The van der Waals surface area contributed by atoms with Crippen molar-refractivity contribution in [3.05, 3.63) is 35.4 Å². The van der Waals surface area contributed by atoms with E-state index in [1.54, 1.807) is 4.90 Å². The smallest absolute Gasteiger partial charge is 0.390 e. The number of amidine groups is 1. The summed E-state index contributed by atoms with van der Waals surface area (Å²) in [6, 6.07) is 7.95. The topological polar surface area (TPSA) is 282 Å². The second-order valence-electron chi connectivity index (χ2n) is 9.44. The van der Waals surface area contributed by atoms with Crippen molar-refractivity contribution in [2.24, 2.45) is 26.4 Å². The number of aliphatic hydroxyl groups is 1. The third kappa shape index (κ3) is 8.44. The largest absolute Gasteiger partial charge is 0.490 e. The van der Waals surface area contributed by atoms with Crippen LogP contribution in [0.2, 0.25) is 0 Å². The van der Waals surface area contributed by atoms with Gasteiger partial charge in [-0.1, -0.05) is 24.3 Å². The maximum absolute atomic E-state index is 12.0. The minimum atomic E-state index is -5.68. The second kappa shape index (κ2) is 12.5. The van der Waals surface area contributed by atoms with Gasteiger partial charge in [0.2, 0.25) is 0 Å². The molecular formula is C20H31N6O12P3. The lowest BCUT2D eigenvalue weighted by Gasteiger charge is -2.31. The third-order valence-corrected chi connectivity index (χ3v) is 10.1. The van der Waals surface area contributed by atoms with Crippen molar-refractivity contribution in [2.75, 3.05) is 19.8 Å². The summed E-state index contributed by atoms with van der Waals surface area (Å²) in [5.74, 6) is 0.382. The summed E-state index contributed by atoms with van der Waals surface area (Å²) in [4.78, 5) is 51.0. The zero-order valence-electron chi connectivity index (χ0n) is 21.4. The monoisotopic (exact) mass is 640 g/mol. The highest BCUT2D eigenvalue weighted by Gasteiger charge is 2.47. The Labute approximate surface area is 234 Å². The van der Waals surface area contributed by atoms with Crippen LogP contribution in [0.15, 0.2) is 39.2 Å². The van der Waals surface area contributed by atoms with Gasteiger partial charge in [0.15, 0.2) is 11.5 Å². The molecule has 0 amide bonds. The fourth-order valence-electron chi connectivity index (χ4n) is 4.46. The van der Waals surface area contributed by atoms with Gasteiger partial charge in [-0.2, -0.15) is 8.62 Å². The standard InChI is InChI=1S/C20H31N6O12P3/c21-7-1-2-13-3-5-14(6-4-13)9-20(22)18-19(23-11-25-20)26(12-24-18)17-8-15(27)16(36-17)10-35-40(31,32)38-41(33,34)37-39(28,29)30/h3-6,11,15-17,27H,1-2,7-10,12,21-22H2,(H,31,32)(H,33,34)(H2,28,29,30)/t15-,16+,17+,20?/m0/s1. The highest BCUT2D eigenvalue weighted by molar-refractivity contribution is 7.66. The molecule has 4 rings (SSSR count). The fourth-order valence-corrected chi connectivity index (χ4v) is 7.49. The molecule has 18 nitrogen and oxygen atoms in total. The van der Waals surface area contributed by atoms with Gasteiger partial charge in [0.05, 0.1) is 12.7 Å². The van der Waals surface area contributed by atoms with E-state index in [1.165, 1.54) is 6.34 Å². The first-order valence-electron chi connectivity index (χ1n) is 12.2. The van der Waals surface area contributed by atoms with E-state index in [2.05, 4.69) is 28.1 Å². The summed E-state index contributed by atoms with van der Waals surface area (Å²) in [5, 5.41) is 10.5. The molecule has 3 aliphatic rings. The molecule has 41 heavy (non-hydrogen) atoms. The highest BCUT2D eigenvalue weighted by Crippen LogP contribution is 2.66. The Morgan fingerprint density at radius 3 is 2.41 bits per heavy atom. The molecule has 228 valence electrons. The first kappa shape index (κ1) is 32.2. The Morgan fingerprint density at radius 1 is 1.07 bits per heavy atom. The Kier molecular flexibility index (Phi) is 9.80. The van der Waals surface area contributed by atoms with Gasteiger partial charge in [-0.3, -0.25) is 9.52 Å². The minimum absolute atomic E-state index is 0.00518. The SMILES string of the molecule is NCCCc1ccc(CC2(N)N=CN=C3C2=NCN3[C@H]2C[C@H](O)[C@@H](COP(=O)(O)OP(=O)(O)OP(=O)(O)O)O2)cc1. The number of benzene rings is 1. The van der Waals surface area contributed by atoms with Crippen LogP contribution in [0.1, 0.15) is 24.0 Å². The average Bonchev–Trinajstić information content (AvgIpc) is 3.44. The number of nitrogens with two attached hydrogens (primary N) is 2. The Bertz CT molecular complexity index is 1350. The molecule has 1 aromatic carbocycles. The number of hydrogen-bond donors (Lipinski definition) is 7. The van der Waals surface area contributed by atoms with Crippen molar-refractivity contribution in [3.8, 4) is 0 Å². The molecule has 0 saturated carbocycles. The van der Waals surface area contributed by atoms with Crippen LogP contribution < -0.4 is 11.5 Å². The molecule has 0 radical (unpaired) electrons. The zero-order chi connectivity index (χ0) is 30.1. The summed E-state index contributed by atoms with van der Waals surface area (Å²) in [6.07, 6.45) is 0.193. The molecule has 0 spiro atoms. The molecule has 1 fully saturated rings. The van der Waals surface area contributed by atoms with Crippen LogP contribution >= 0.6 is 23.5 Å². The van der Waals surface area contributed by atoms with E-state index >= 15 is 0 Å². The molecule has 21 heteroatoms. The quantitative estimate of drug-likeness (QED) is 0.137. The lowest BCUT2D eigenvalue weighted by atomic mass is 9.93. The normalized spacial score (nSPS) is 29.0. The molecule has 1 saturated heterocycles. The van der Waals surface area contributed by atoms with Gasteiger partial charge < -0.3 is 45.8 Å². The maximum atomic E-state index is 12.0. The summed E-state index contributed by atoms with van der Waals surface area (Å²) < 4.78 is 52.0. The fraction of sp³-hybridized carbons (Fsp3) is 0.550. The van der Waals surface area contributed by atoms with Gasteiger partial charge in [0.1, 0.15) is 31.1 Å². The predicted molar refractivity (Wildman–Crippen MR) is 144 cm³/mol. The number of aliphatic hydroxyl groups excluding tert-OH is 1. The van der Waals surface area contributed by atoms with E-state index < -0.39 is 54.2 Å². The number of aryl methyl sites for hydroxylation is 1. The highest BCUT2D eigenvalue weighted by atomic mass is 31.3. The van der Waals surface area contributed by atoms with Crippen molar-refractivity contribution in [3.63, 3.8) is 0 Å². The van der Waals surface area contributed by atoms with Gasteiger partial charge >= 0.3 is 23.5 Å². The van der Waals surface area contributed by atoms with Gasteiger partial charge in [0, 0.05) is 12.8 Å². The number of nitrogens with zero attached hydrogens (tertiary/aromatic N) is 4. The number of ether oxygens (including phenoxy) is 1. The second-order valence-corrected chi connectivity index (χ2v) is 13.9. The molecule has 3 aliphatic heterocycles. The van der Waals surface area contributed by atoms with E-state index in [-0.39, 0.29) is 13.1 Å². The number of phosphoric acid groups is 3. The van der Waals surface area contributed by atoms with Gasteiger partial charge in [-0.25, -0.2) is 23.7 Å². The molecule has 0 aromatic heterocycles. The molecular weight excluding hydrogens is 609 g/mol. The Balaban J connectivity index is 1.35. The molecule has 0 bridgehead atoms. The number of fused-ring (bicyclic) bond motifs is 1. The van der Waals surface area contributed by atoms with Gasteiger partial charge in [-0.15, -0.1) is 0 Å². The van der Waals surface area contributed by atoms with Crippen LogP contribution in [0.25, 0.3) is 0 Å². The Morgan fingerprint density at radius 2 is 1.76 bits per heavy atom. The number of aliphatic imine (C=N–C) groups is 3. The zero-order valence-corrected chi connectivity index (χ0v) is 24.1. The Hall–Kier alpha value is -1.72. The van der Waals surface area contributed by atoms with Crippen LogP contribution in [-0.4, -0.2) is 91.4 Å². The van der Waals surface area contributed by atoms with Crippen molar-refractivity contribution in [2.45, 2.75) is 49.8 Å². The number of rotatable bonds is 13. The predicted octanol–water partition coefficient (Wildman–Crippen LogP) is -0.251. The van der Waals surface area contributed by atoms with Gasteiger partial charge in [0.25, 0.3) is 0 Å². The van der Waals surface area contributed by atoms with Crippen molar-refractivity contribution < 1.29 is 56.3 Å². The number of hydrogen-bond acceptors (Lipinski definition) is 14. The van der Waals surface area contributed by atoms with Crippen LogP contribution in [0.5, 0.6) is 0 Å². The first-order valence-corrected chi connectivity index (χ1v) is 16.7. The third-order valence-electron chi connectivity index (χ3n) is 6.28. The lowest BCUT2D eigenvalue weighted by molar-refractivity contribution is -0.0550. The van der Waals surface area contributed by atoms with Crippen molar-refractivity contribution in [1.82, 2.24) is 4.90 Å². The summed E-state index contributed by atoms with van der Waals surface area (Å²) in [5.41, 5.74) is 13.5. The van der Waals surface area contributed by atoms with Crippen LogP contribution in [0.4, 0.5) is 0 Å². The van der Waals surface area contributed by atoms with Crippen LogP contribution in [0.3, 0.4) is 0 Å². The molecule has 9 N–H and O–H groups in total. The summed E-state index contributed by atoms with van der Waals surface area (Å²) in [7, 11) is -16.6. The van der Waals surface area contributed by atoms with Gasteiger partial charge in [-0.05, 0) is 30.5 Å². The summed E-state index contributed by atoms with van der Waals surface area (Å²) in [6.45, 7) is -0.107. The minimum Gasteiger partial charge on any atom is -0.390 e. The molecule has 1 aromatic rings. The first-order chi connectivity index (χ1) is 19.1. The molecule has 3 unspecified atom stereocenters. The van der Waals surface area contributed by atoms with E-state index in [0.29, 0.717) is 24.5 Å². The van der Waals surface area contributed by atoms with Crippen LogP contribution in [-0.2, 0) is 44.4 Å². The maximum Gasteiger partial charge on any atom is 0.490 e. The van der Waals surface area contributed by atoms with E-state index in [0.717, 1.165) is 24.0 Å². The number of phosphoric ester groups is 1. The van der Waals surface area contributed by atoms with Crippen molar-refractivity contribution in [1.29, 1.82) is 0 Å². The molecule has 6 atom stereocenters. The van der Waals surface area contributed by atoms with E-state index in [4.69, 9.17) is 26.0 Å². The van der Waals surface area contributed by atoms with Crippen molar-refractivity contribution >= 4 is 41.4 Å². The van der Waals surface area contributed by atoms with E-state index in [9.17, 15) is 28.6 Å².